The van der Waals surface area contributed by atoms with E-state index in [1.54, 1.807) is 39.2 Å². The predicted octanol–water partition coefficient (Wildman–Crippen LogP) is 2.56. The summed E-state index contributed by atoms with van der Waals surface area (Å²) in [6, 6.07) is 9.16. The molecule has 1 aliphatic heterocycles. The number of amides is 1. The van der Waals surface area contributed by atoms with Gasteiger partial charge >= 0.3 is 6.09 Å². The monoisotopic (exact) mass is 329 g/mol. The van der Waals surface area contributed by atoms with Gasteiger partial charge in [0, 0.05) is 19.0 Å². The summed E-state index contributed by atoms with van der Waals surface area (Å²) in [7, 11) is 0. The van der Waals surface area contributed by atoms with Crippen LogP contribution in [0.2, 0.25) is 0 Å². The molecule has 1 aromatic carbocycles. The van der Waals surface area contributed by atoms with Crippen molar-refractivity contribution in [2.75, 3.05) is 13.1 Å². The van der Waals surface area contributed by atoms with Crippen LogP contribution in [0.1, 0.15) is 23.8 Å². The van der Waals surface area contributed by atoms with Gasteiger partial charge in [-0.25, -0.2) is 4.79 Å². The van der Waals surface area contributed by atoms with Gasteiger partial charge in [-0.2, -0.15) is 9.61 Å². The molecule has 0 aliphatic carbocycles. The number of rotatable bonds is 2. The summed E-state index contributed by atoms with van der Waals surface area (Å²) < 4.78 is 7.09. The van der Waals surface area contributed by atoms with Gasteiger partial charge in [-0.1, -0.05) is 29.5 Å². The Morgan fingerprint density at radius 1 is 1.22 bits per heavy atom. The van der Waals surface area contributed by atoms with Gasteiger partial charge in [-0.3, -0.25) is 0 Å². The molecule has 0 spiro atoms. The quantitative estimate of drug-likeness (QED) is 0.722. The molecule has 0 saturated carbocycles. The second kappa shape index (κ2) is 5.96. The summed E-state index contributed by atoms with van der Waals surface area (Å²) in [4.78, 5) is 14.7. The fourth-order valence-electron chi connectivity index (χ4n) is 2.70. The molecule has 118 valence electrons. The molecule has 1 amide bonds. The van der Waals surface area contributed by atoms with Gasteiger partial charge in [-0.15, -0.1) is 10.2 Å². The molecule has 2 aromatic heterocycles. The van der Waals surface area contributed by atoms with Crippen LogP contribution in [0.4, 0.5) is 4.79 Å². The number of ether oxygens (including phenoxy) is 1. The average Bonchev–Trinajstić information content (AvgIpc) is 3.17. The first-order valence-electron chi connectivity index (χ1n) is 7.48. The molecule has 0 unspecified atom stereocenters. The second-order valence-electron chi connectivity index (χ2n) is 5.44. The molecule has 0 bridgehead atoms. The van der Waals surface area contributed by atoms with Crippen molar-refractivity contribution >= 4 is 22.4 Å². The van der Waals surface area contributed by atoms with Gasteiger partial charge in [0.25, 0.3) is 0 Å². The van der Waals surface area contributed by atoms with Crippen LogP contribution >= 0.6 is 11.3 Å². The summed E-state index contributed by atoms with van der Waals surface area (Å²) >= 11 is 1.57. The van der Waals surface area contributed by atoms with Crippen LogP contribution in [-0.4, -0.2) is 43.9 Å². The normalized spacial score (nSPS) is 15.9. The van der Waals surface area contributed by atoms with Gasteiger partial charge in [0.15, 0.2) is 0 Å². The Balaban J connectivity index is 1.37. The number of hydrogen-bond acceptors (Lipinski definition) is 6. The summed E-state index contributed by atoms with van der Waals surface area (Å²) in [6.07, 6.45) is 3.09. The molecule has 3 heterocycles. The molecule has 8 heteroatoms. The Morgan fingerprint density at radius 3 is 2.74 bits per heavy atom. The van der Waals surface area contributed by atoms with E-state index in [9.17, 15) is 4.79 Å². The molecule has 1 aliphatic rings. The lowest BCUT2D eigenvalue weighted by atomic mass is 9.98. The SMILES string of the molecule is O=C(Oc1ccccc1)N1CCC(c2nn3cnnc3s2)CC1. The Hall–Kier alpha value is -2.48. The Labute approximate surface area is 136 Å². The van der Waals surface area contributed by atoms with E-state index in [4.69, 9.17) is 4.74 Å². The zero-order valence-electron chi connectivity index (χ0n) is 12.3. The minimum Gasteiger partial charge on any atom is -0.410 e. The van der Waals surface area contributed by atoms with Crippen molar-refractivity contribution in [3.63, 3.8) is 0 Å². The number of likely N-dealkylation sites (tertiary alicyclic amines) is 1. The van der Waals surface area contributed by atoms with Gasteiger partial charge in [0.05, 0.1) is 0 Å². The van der Waals surface area contributed by atoms with E-state index in [-0.39, 0.29) is 6.09 Å². The number of nitrogens with zero attached hydrogens (tertiary/aromatic N) is 5. The first-order chi connectivity index (χ1) is 11.3. The Kier molecular flexibility index (Phi) is 3.66. The van der Waals surface area contributed by atoms with E-state index in [1.165, 1.54) is 0 Å². The van der Waals surface area contributed by atoms with Crippen molar-refractivity contribution in [2.45, 2.75) is 18.8 Å². The number of fused-ring (bicyclic) bond motifs is 1. The first-order valence-corrected chi connectivity index (χ1v) is 8.30. The van der Waals surface area contributed by atoms with Crippen LogP contribution in [0, 0.1) is 0 Å². The molecule has 23 heavy (non-hydrogen) atoms. The number of piperidine rings is 1. The molecule has 7 nitrogen and oxygen atoms in total. The minimum atomic E-state index is -0.284. The van der Waals surface area contributed by atoms with Crippen LogP contribution < -0.4 is 4.74 Å². The van der Waals surface area contributed by atoms with Crippen molar-refractivity contribution < 1.29 is 9.53 Å². The smallest absolute Gasteiger partial charge is 0.410 e. The van der Waals surface area contributed by atoms with Crippen molar-refractivity contribution in [2.24, 2.45) is 0 Å². The third-order valence-electron chi connectivity index (χ3n) is 3.95. The maximum atomic E-state index is 12.2. The van der Waals surface area contributed by atoms with Crippen molar-refractivity contribution in [1.29, 1.82) is 0 Å². The molecular weight excluding hydrogens is 314 g/mol. The van der Waals surface area contributed by atoms with Crippen molar-refractivity contribution in [3.8, 4) is 5.75 Å². The van der Waals surface area contributed by atoms with Crippen LogP contribution in [-0.2, 0) is 0 Å². The summed E-state index contributed by atoms with van der Waals surface area (Å²) in [5.74, 6) is 0.941. The standard InChI is InChI=1S/C15H15N5O2S/c21-15(22-12-4-2-1-3-5-12)19-8-6-11(7-9-19)13-18-20-10-16-17-14(20)23-13/h1-5,10-11H,6-9H2. The van der Waals surface area contributed by atoms with Gasteiger partial charge in [0.2, 0.25) is 4.96 Å². The van der Waals surface area contributed by atoms with Gasteiger partial charge in [-0.05, 0) is 25.0 Å². The molecule has 0 atom stereocenters. The summed E-state index contributed by atoms with van der Waals surface area (Å²) in [5, 5.41) is 13.4. The highest BCUT2D eigenvalue weighted by Crippen LogP contribution is 2.31. The molecule has 1 fully saturated rings. The number of para-hydroxylation sites is 1. The zero-order chi connectivity index (χ0) is 15.6. The molecular formula is C15H15N5O2S. The lowest BCUT2D eigenvalue weighted by Crippen LogP contribution is -2.39. The van der Waals surface area contributed by atoms with E-state index in [2.05, 4.69) is 15.3 Å². The van der Waals surface area contributed by atoms with Gasteiger partial charge in [0.1, 0.15) is 17.1 Å². The maximum absolute atomic E-state index is 12.2. The number of carbonyl (C=O) groups is 1. The van der Waals surface area contributed by atoms with Crippen molar-refractivity contribution in [1.82, 2.24) is 24.7 Å². The van der Waals surface area contributed by atoms with Crippen LogP contribution in [0.15, 0.2) is 36.7 Å². The number of aromatic nitrogens is 4. The van der Waals surface area contributed by atoms with Crippen LogP contribution in [0.3, 0.4) is 0 Å². The third-order valence-corrected chi connectivity index (χ3v) is 5.03. The highest BCUT2D eigenvalue weighted by atomic mass is 32.1. The van der Waals surface area contributed by atoms with Crippen molar-refractivity contribution in [3.05, 3.63) is 41.7 Å². The first kappa shape index (κ1) is 14.1. The van der Waals surface area contributed by atoms with Crippen LogP contribution in [0.25, 0.3) is 4.96 Å². The second-order valence-corrected chi connectivity index (χ2v) is 6.43. The zero-order valence-corrected chi connectivity index (χ0v) is 13.1. The molecule has 1 saturated heterocycles. The molecule has 3 aromatic rings. The largest absolute Gasteiger partial charge is 0.415 e. The Morgan fingerprint density at radius 2 is 2.00 bits per heavy atom. The molecule has 0 N–H and O–H groups in total. The third kappa shape index (κ3) is 2.89. The molecule has 0 radical (unpaired) electrons. The fourth-order valence-corrected chi connectivity index (χ4v) is 3.69. The average molecular weight is 329 g/mol. The lowest BCUT2D eigenvalue weighted by Gasteiger charge is -2.30. The van der Waals surface area contributed by atoms with E-state index < -0.39 is 0 Å². The Bertz CT molecular complexity index is 779. The predicted molar refractivity (Wildman–Crippen MR) is 84.7 cm³/mol. The number of benzene rings is 1. The highest BCUT2D eigenvalue weighted by Gasteiger charge is 2.27. The maximum Gasteiger partial charge on any atom is 0.415 e. The van der Waals surface area contributed by atoms with E-state index in [1.807, 2.05) is 18.2 Å². The van der Waals surface area contributed by atoms with E-state index >= 15 is 0 Å². The fraction of sp³-hybridized carbons (Fsp3) is 0.333. The minimum absolute atomic E-state index is 0.284. The van der Waals surface area contributed by atoms with E-state index in [0.717, 1.165) is 22.8 Å². The summed E-state index contributed by atoms with van der Waals surface area (Å²) in [6.45, 7) is 1.35. The topological polar surface area (TPSA) is 72.6 Å². The van der Waals surface area contributed by atoms with Crippen LogP contribution in [0.5, 0.6) is 5.75 Å². The number of carbonyl (C=O) groups excluding carboxylic acids is 1. The highest BCUT2D eigenvalue weighted by molar-refractivity contribution is 7.16. The number of hydrogen-bond donors (Lipinski definition) is 0. The summed E-state index contributed by atoms with van der Waals surface area (Å²) in [5.41, 5.74) is 0. The van der Waals surface area contributed by atoms with Gasteiger partial charge < -0.3 is 9.64 Å². The molecule has 4 rings (SSSR count). The van der Waals surface area contributed by atoms with E-state index in [0.29, 0.717) is 24.8 Å². The lowest BCUT2D eigenvalue weighted by molar-refractivity contribution is 0.138.